The summed E-state index contributed by atoms with van der Waals surface area (Å²) in [6, 6.07) is 0.380. The number of nitrogens with zero attached hydrogens (tertiary/aromatic N) is 5. The van der Waals surface area contributed by atoms with E-state index < -0.39 is 5.97 Å². The van der Waals surface area contributed by atoms with Gasteiger partial charge in [0.05, 0.1) is 12.4 Å². The first-order valence-electron chi connectivity index (χ1n) is 6.50. The molecule has 8 heteroatoms. The summed E-state index contributed by atoms with van der Waals surface area (Å²) in [5.41, 5.74) is 0. The molecule has 2 aromatic rings. The first-order chi connectivity index (χ1) is 9.72. The highest BCUT2D eigenvalue weighted by atomic mass is 16.4. The van der Waals surface area contributed by atoms with Gasteiger partial charge in [-0.3, -0.25) is 4.68 Å². The van der Waals surface area contributed by atoms with E-state index >= 15 is 0 Å². The van der Waals surface area contributed by atoms with Gasteiger partial charge < -0.3 is 14.4 Å². The Hall–Kier alpha value is -2.38. The number of oxazole rings is 1. The Kier molecular flexibility index (Phi) is 3.36. The third kappa shape index (κ3) is 2.63. The summed E-state index contributed by atoms with van der Waals surface area (Å²) in [6.07, 6.45) is 6.87. The maximum absolute atomic E-state index is 10.8. The minimum atomic E-state index is -1.10. The summed E-state index contributed by atoms with van der Waals surface area (Å²) in [5.74, 6) is -0.802. The fraction of sp³-hybridized carbons (Fsp3) is 0.500. The number of carboxylic acids is 1. The van der Waals surface area contributed by atoms with Gasteiger partial charge in [-0.1, -0.05) is 5.21 Å². The average molecular weight is 277 g/mol. The number of hydrogen-bond acceptors (Lipinski definition) is 6. The van der Waals surface area contributed by atoms with E-state index in [-0.39, 0.29) is 5.76 Å². The third-order valence-electron chi connectivity index (χ3n) is 3.41. The molecule has 20 heavy (non-hydrogen) atoms. The van der Waals surface area contributed by atoms with Gasteiger partial charge in [0.15, 0.2) is 0 Å². The zero-order valence-corrected chi connectivity index (χ0v) is 10.8. The molecule has 8 nitrogen and oxygen atoms in total. The Morgan fingerprint density at radius 2 is 2.45 bits per heavy atom. The molecule has 0 saturated carbocycles. The molecule has 3 heterocycles. The summed E-state index contributed by atoms with van der Waals surface area (Å²) in [7, 11) is 0. The zero-order chi connectivity index (χ0) is 13.9. The van der Waals surface area contributed by atoms with Crippen LogP contribution in [0.4, 0.5) is 6.01 Å². The van der Waals surface area contributed by atoms with Crippen LogP contribution >= 0.6 is 0 Å². The van der Waals surface area contributed by atoms with Crippen LogP contribution < -0.4 is 4.90 Å². The molecule has 2 aromatic heterocycles. The van der Waals surface area contributed by atoms with Crippen molar-refractivity contribution in [3.63, 3.8) is 0 Å². The molecule has 0 radical (unpaired) electrons. The fourth-order valence-electron chi connectivity index (χ4n) is 2.49. The van der Waals surface area contributed by atoms with Gasteiger partial charge >= 0.3 is 5.97 Å². The number of piperidine rings is 1. The van der Waals surface area contributed by atoms with Crippen molar-refractivity contribution in [3.8, 4) is 0 Å². The number of anilines is 1. The lowest BCUT2D eigenvalue weighted by Crippen LogP contribution is -2.37. The molecule has 1 saturated heterocycles. The Labute approximate surface area is 115 Å². The maximum Gasteiger partial charge on any atom is 0.373 e. The normalized spacial score (nSPS) is 19.2. The third-order valence-corrected chi connectivity index (χ3v) is 3.41. The minimum Gasteiger partial charge on any atom is -0.475 e. The van der Waals surface area contributed by atoms with Crippen LogP contribution in [-0.2, 0) is 6.54 Å². The molecule has 1 aliphatic rings. The lowest BCUT2D eigenvalue weighted by molar-refractivity contribution is 0.0663. The predicted molar refractivity (Wildman–Crippen MR) is 68.4 cm³/mol. The van der Waals surface area contributed by atoms with Crippen molar-refractivity contribution in [2.45, 2.75) is 19.4 Å². The van der Waals surface area contributed by atoms with Crippen molar-refractivity contribution in [1.82, 2.24) is 20.0 Å². The molecule has 1 aliphatic heterocycles. The van der Waals surface area contributed by atoms with Gasteiger partial charge in [-0.15, -0.1) is 5.10 Å². The van der Waals surface area contributed by atoms with E-state index in [9.17, 15) is 4.79 Å². The van der Waals surface area contributed by atoms with E-state index in [0.29, 0.717) is 11.9 Å². The largest absolute Gasteiger partial charge is 0.475 e. The van der Waals surface area contributed by atoms with E-state index in [1.807, 2.05) is 15.8 Å². The molecule has 3 rings (SSSR count). The zero-order valence-electron chi connectivity index (χ0n) is 10.8. The van der Waals surface area contributed by atoms with Crippen molar-refractivity contribution in [1.29, 1.82) is 0 Å². The standard InChI is InChI=1S/C12H15N5O3/c18-11(19)10-6-13-12(20-10)16-4-1-2-9(7-16)8-17-5-3-14-15-17/h3,5-6,9H,1-2,4,7-8H2,(H,18,19). The molecule has 1 fully saturated rings. The number of carboxylic acid groups (broad SMARTS) is 1. The van der Waals surface area contributed by atoms with E-state index in [2.05, 4.69) is 15.3 Å². The number of carbonyl (C=O) groups is 1. The second-order valence-corrected chi connectivity index (χ2v) is 4.89. The molecule has 1 atom stereocenters. The van der Waals surface area contributed by atoms with Gasteiger partial charge in [0.1, 0.15) is 0 Å². The van der Waals surface area contributed by atoms with Gasteiger partial charge in [0.2, 0.25) is 5.76 Å². The molecular formula is C12H15N5O3. The van der Waals surface area contributed by atoms with Crippen molar-refractivity contribution in [2.24, 2.45) is 5.92 Å². The van der Waals surface area contributed by atoms with Gasteiger partial charge in [-0.05, 0) is 18.8 Å². The quantitative estimate of drug-likeness (QED) is 0.885. The maximum atomic E-state index is 10.8. The van der Waals surface area contributed by atoms with Crippen molar-refractivity contribution < 1.29 is 14.3 Å². The van der Waals surface area contributed by atoms with Gasteiger partial charge in [-0.2, -0.15) is 0 Å². The number of aromatic nitrogens is 4. The topological polar surface area (TPSA) is 97.3 Å². The molecule has 106 valence electrons. The van der Waals surface area contributed by atoms with Crippen LogP contribution in [0, 0.1) is 5.92 Å². The Morgan fingerprint density at radius 1 is 1.55 bits per heavy atom. The highest BCUT2D eigenvalue weighted by Gasteiger charge is 2.24. The van der Waals surface area contributed by atoms with Crippen LogP contribution in [0.15, 0.2) is 23.0 Å². The molecule has 0 spiro atoms. The van der Waals surface area contributed by atoms with Crippen LogP contribution in [0.25, 0.3) is 0 Å². The molecule has 0 amide bonds. The predicted octanol–water partition coefficient (Wildman–Crippen LogP) is 0.881. The minimum absolute atomic E-state index is 0.126. The van der Waals surface area contributed by atoms with Gasteiger partial charge in [-0.25, -0.2) is 9.78 Å². The second-order valence-electron chi connectivity index (χ2n) is 4.89. The summed E-state index contributed by atoms with van der Waals surface area (Å²) in [5, 5.41) is 16.6. The lowest BCUT2D eigenvalue weighted by atomic mass is 9.98. The highest BCUT2D eigenvalue weighted by Crippen LogP contribution is 2.23. The summed E-state index contributed by atoms with van der Waals surface area (Å²) in [6.45, 7) is 2.40. The van der Waals surface area contributed by atoms with Crippen LogP contribution in [-0.4, -0.2) is 44.1 Å². The van der Waals surface area contributed by atoms with Crippen molar-refractivity contribution in [2.75, 3.05) is 18.0 Å². The number of hydrogen-bond donors (Lipinski definition) is 1. The van der Waals surface area contributed by atoms with Gasteiger partial charge in [0.25, 0.3) is 6.01 Å². The van der Waals surface area contributed by atoms with Crippen LogP contribution in [0.1, 0.15) is 23.4 Å². The Balaban J connectivity index is 1.66. The smallest absolute Gasteiger partial charge is 0.373 e. The number of aromatic carboxylic acids is 1. The van der Waals surface area contributed by atoms with E-state index in [4.69, 9.17) is 9.52 Å². The summed E-state index contributed by atoms with van der Waals surface area (Å²) >= 11 is 0. The van der Waals surface area contributed by atoms with E-state index in [1.54, 1.807) is 6.20 Å². The fourth-order valence-corrected chi connectivity index (χ4v) is 2.49. The van der Waals surface area contributed by atoms with Crippen LogP contribution in [0.2, 0.25) is 0 Å². The van der Waals surface area contributed by atoms with Crippen LogP contribution in [0.3, 0.4) is 0 Å². The van der Waals surface area contributed by atoms with Gasteiger partial charge in [0, 0.05) is 25.8 Å². The lowest BCUT2D eigenvalue weighted by Gasteiger charge is -2.31. The first-order valence-corrected chi connectivity index (χ1v) is 6.50. The number of rotatable bonds is 4. The highest BCUT2D eigenvalue weighted by molar-refractivity contribution is 5.84. The molecule has 0 aromatic carbocycles. The van der Waals surface area contributed by atoms with E-state index in [1.165, 1.54) is 6.20 Å². The molecule has 0 bridgehead atoms. The van der Waals surface area contributed by atoms with Crippen LogP contribution in [0.5, 0.6) is 0 Å². The summed E-state index contributed by atoms with van der Waals surface area (Å²) < 4.78 is 7.06. The van der Waals surface area contributed by atoms with E-state index in [0.717, 1.165) is 32.5 Å². The first kappa shape index (κ1) is 12.6. The summed E-state index contributed by atoms with van der Waals surface area (Å²) in [4.78, 5) is 16.8. The SMILES string of the molecule is O=C(O)c1cnc(N2CCCC(Cn3ccnn3)C2)o1. The molecule has 1 unspecified atom stereocenters. The molecule has 1 N–H and O–H groups in total. The Morgan fingerprint density at radius 3 is 3.15 bits per heavy atom. The van der Waals surface area contributed by atoms with Crippen molar-refractivity contribution >= 4 is 12.0 Å². The molecular weight excluding hydrogens is 262 g/mol. The Bertz CT molecular complexity index is 580. The second kappa shape index (κ2) is 5.32. The molecule has 0 aliphatic carbocycles. The average Bonchev–Trinajstić information content (AvgIpc) is 3.09. The monoisotopic (exact) mass is 277 g/mol. The van der Waals surface area contributed by atoms with Crippen molar-refractivity contribution in [3.05, 3.63) is 24.4 Å².